The summed E-state index contributed by atoms with van der Waals surface area (Å²) in [5, 5.41) is 9.13. The maximum absolute atomic E-state index is 12.2. The van der Waals surface area contributed by atoms with Crippen LogP contribution in [0.15, 0.2) is 34.8 Å². The zero-order valence-corrected chi connectivity index (χ0v) is 12.9. The van der Waals surface area contributed by atoms with Crippen LogP contribution in [0.1, 0.15) is 12.5 Å². The Kier molecular flexibility index (Phi) is 5.34. The number of hydrogen-bond donors (Lipinski definition) is 1. The van der Waals surface area contributed by atoms with E-state index in [1.54, 1.807) is 17.1 Å². The van der Waals surface area contributed by atoms with Gasteiger partial charge in [-0.05, 0) is 30.7 Å². The summed E-state index contributed by atoms with van der Waals surface area (Å²) in [5.74, 6) is -0.0535. The van der Waals surface area contributed by atoms with Crippen LogP contribution in [0.3, 0.4) is 0 Å². The van der Waals surface area contributed by atoms with Crippen LogP contribution in [-0.4, -0.2) is 47.8 Å². The summed E-state index contributed by atoms with van der Waals surface area (Å²) < 4.78 is 6.43. The molecule has 0 bridgehead atoms. The average Bonchev–Trinajstić information content (AvgIpc) is 2.47. The first-order chi connectivity index (χ1) is 9.60. The van der Waals surface area contributed by atoms with Gasteiger partial charge in [0.15, 0.2) is 0 Å². The number of ether oxygens (including phenoxy) is 1. The molecule has 0 saturated carbocycles. The van der Waals surface area contributed by atoms with Crippen LogP contribution < -0.4 is 0 Å². The fourth-order valence-corrected chi connectivity index (χ4v) is 2.34. The Bertz CT molecular complexity index is 486. The molecule has 0 radical (unpaired) electrons. The van der Waals surface area contributed by atoms with Gasteiger partial charge in [0, 0.05) is 17.1 Å². The Morgan fingerprint density at radius 1 is 1.50 bits per heavy atom. The summed E-state index contributed by atoms with van der Waals surface area (Å²) >= 11 is 3.37. The molecule has 0 aromatic heterocycles. The topological polar surface area (TPSA) is 49.8 Å². The molecule has 1 aromatic carbocycles. The predicted molar refractivity (Wildman–Crippen MR) is 81.2 cm³/mol. The molecular formula is C15H18BrNO3. The van der Waals surface area contributed by atoms with Gasteiger partial charge in [0.25, 0.3) is 0 Å². The molecule has 0 aliphatic carbocycles. The van der Waals surface area contributed by atoms with E-state index in [1.807, 2.05) is 31.2 Å². The van der Waals surface area contributed by atoms with Crippen molar-refractivity contribution in [2.24, 2.45) is 0 Å². The van der Waals surface area contributed by atoms with Gasteiger partial charge in [-0.15, -0.1) is 0 Å². The van der Waals surface area contributed by atoms with Crippen molar-refractivity contribution in [3.63, 3.8) is 0 Å². The minimum Gasteiger partial charge on any atom is -0.394 e. The number of amides is 1. The van der Waals surface area contributed by atoms with Gasteiger partial charge in [0.2, 0.25) is 5.91 Å². The van der Waals surface area contributed by atoms with Gasteiger partial charge >= 0.3 is 0 Å². The van der Waals surface area contributed by atoms with Crippen molar-refractivity contribution in [3.05, 3.63) is 40.4 Å². The second-order valence-electron chi connectivity index (χ2n) is 4.86. The minimum absolute atomic E-state index is 0.0277. The van der Waals surface area contributed by atoms with E-state index in [9.17, 15) is 4.79 Å². The summed E-state index contributed by atoms with van der Waals surface area (Å²) in [6.45, 7) is 2.77. The Labute approximate surface area is 127 Å². The fourth-order valence-electron chi connectivity index (χ4n) is 2.07. The maximum Gasteiger partial charge on any atom is 0.246 e. The van der Waals surface area contributed by atoms with Crippen molar-refractivity contribution in [2.45, 2.75) is 19.1 Å². The largest absolute Gasteiger partial charge is 0.394 e. The normalized spacial score (nSPS) is 23.2. The number of nitrogens with zero attached hydrogens (tertiary/aromatic N) is 1. The van der Waals surface area contributed by atoms with Gasteiger partial charge in [-0.2, -0.15) is 0 Å². The summed E-state index contributed by atoms with van der Waals surface area (Å²) in [7, 11) is 0. The Morgan fingerprint density at radius 2 is 2.20 bits per heavy atom. The lowest BCUT2D eigenvalue weighted by Gasteiger charge is -2.36. The molecule has 0 spiro atoms. The molecule has 1 N–H and O–H groups in total. The summed E-state index contributed by atoms with van der Waals surface area (Å²) in [5.41, 5.74) is 0.973. The highest BCUT2D eigenvalue weighted by Gasteiger charge is 2.27. The van der Waals surface area contributed by atoms with E-state index in [0.29, 0.717) is 13.2 Å². The first kappa shape index (κ1) is 15.2. The van der Waals surface area contributed by atoms with Crippen molar-refractivity contribution in [1.29, 1.82) is 0 Å². The molecule has 2 atom stereocenters. The SMILES string of the molecule is CC1COC(CO)CN1C(=O)/C=C/c1ccc(Br)cc1. The number of aliphatic hydroxyl groups excluding tert-OH is 1. The summed E-state index contributed by atoms with van der Waals surface area (Å²) in [4.78, 5) is 13.9. The van der Waals surface area contributed by atoms with E-state index in [4.69, 9.17) is 9.84 Å². The number of morpholine rings is 1. The standard InChI is InChI=1S/C15H18BrNO3/c1-11-10-20-14(9-18)8-17(11)15(19)7-4-12-2-5-13(16)6-3-12/h2-7,11,14,18H,8-10H2,1H3/b7-4+. The molecule has 1 amide bonds. The van der Waals surface area contributed by atoms with Crippen LogP contribution in [0.2, 0.25) is 0 Å². The molecule has 1 aromatic rings. The second kappa shape index (κ2) is 7.02. The molecule has 1 aliphatic rings. The van der Waals surface area contributed by atoms with Crippen LogP contribution in [0, 0.1) is 0 Å². The van der Waals surface area contributed by atoms with E-state index in [1.165, 1.54) is 0 Å². The highest BCUT2D eigenvalue weighted by molar-refractivity contribution is 9.10. The van der Waals surface area contributed by atoms with Crippen LogP contribution in [0.25, 0.3) is 6.08 Å². The van der Waals surface area contributed by atoms with Gasteiger partial charge in [-0.25, -0.2) is 0 Å². The Hall–Kier alpha value is -1.17. The molecular weight excluding hydrogens is 322 g/mol. The van der Waals surface area contributed by atoms with Gasteiger partial charge in [0.1, 0.15) is 0 Å². The summed E-state index contributed by atoms with van der Waals surface area (Å²) in [6, 6.07) is 7.77. The number of carbonyl (C=O) groups excluding carboxylic acids is 1. The smallest absolute Gasteiger partial charge is 0.246 e. The number of rotatable bonds is 3. The van der Waals surface area contributed by atoms with Crippen molar-refractivity contribution >= 4 is 27.9 Å². The van der Waals surface area contributed by atoms with Crippen molar-refractivity contribution in [3.8, 4) is 0 Å². The Morgan fingerprint density at radius 3 is 2.85 bits per heavy atom. The average molecular weight is 340 g/mol. The van der Waals surface area contributed by atoms with E-state index < -0.39 is 0 Å². The molecule has 2 unspecified atom stereocenters. The third-order valence-electron chi connectivity index (χ3n) is 3.28. The lowest BCUT2D eigenvalue weighted by molar-refractivity contribution is -0.140. The van der Waals surface area contributed by atoms with Crippen molar-refractivity contribution in [1.82, 2.24) is 4.90 Å². The maximum atomic E-state index is 12.2. The molecule has 20 heavy (non-hydrogen) atoms. The molecule has 2 rings (SSSR count). The number of halogens is 1. The molecule has 1 heterocycles. The molecule has 108 valence electrons. The highest BCUT2D eigenvalue weighted by atomic mass is 79.9. The predicted octanol–water partition coefficient (Wildman–Crippen LogP) is 2.07. The summed E-state index contributed by atoms with van der Waals surface area (Å²) in [6.07, 6.45) is 3.08. The van der Waals surface area contributed by atoms with E-state index in [-0.39, 0.29) is 24.7 Å². The van der Waals surface area contributed by atoms with Gasteiger partial charge < -0.3 is 14.7 Å². The molecule has 1 aliphatic heterocycles. The van der Waals surface area contributed by atoms with Crippen molar-refractivity contribution < 1.29 is 14.6 Å². The monoisotopic (exact) mass is 339 g/mol. The van der Waals surface area contributed by atoms with E-state index in [0.717, 1.165) is 10.0 Å². The lowest BCUT2D eigenvalue weighted by atomic mass is 10.1. The van der Waals surface area contributed by atoms with E-state index in [2.05, 4.69) is 15.9 Å². The lowest BCUT2D eigenvalue weighted by Crippen LogP contribution is -2.51. The van der Waals surface area contributed by atoms with E-state index >= 15 is 0 Å². The number of aliphatic hydroxyl groups is 1. The van der Waals surface area contributed by atoms with Gasteiger partial charge in [0.05, 0.1) is 25.4 Å². The molecule has 1 saturated heterocycles. The number of hydrogen-bond acceptors (Lipinski definition) is 3. The first-order valence-corrected chi connectivity index (χ1v) is 7.36. The molecule has 4 nitrogen and oxygen atoms in total. The fraction of sp³-hybridized carbons (Fsp3) is 0.400. The number of benzene rings is 1. The zero-order valence-electron chi connectivity index (χ0n) is 11.3. The first-order valence-electron chi connectivity index (χ1n) is 6.57. The third-order valence-corrected chi connectivity index (χ3v) is 3.81. The molecule has 5 heteroatoms. The minimum atomic E-state index is -0.281. The zero-order chi connectivity index (χ0) is 14.5. The van der Waals surface area contributed by atoms with Gasteiger partial charge in [-0.3, -0.25) is 4.79 Å². The van der Waals surface area contributed by atoms with Crippen molar-refractivity contribution in [2.75, 3.05) is 19.8 Å². The third kappa shape index (κ3) is 3.91. The van der Waals surface area contributed by atoms with Crippen LogP contribution in [0.5, 0.6) is 0 Å². The second-order valence-corrected chi connectivity index (χ2v) is 5.78. The quantitative estimate of drug-likeness (QED) is 0.857. The number of carbonyl (C=O) groups is 1. The highest BCUT2D eigenvalue weighted by Crippen LogP contribution is 2.14. The van der Waals surface area contributed by atoms with Crippen LogP contribution in [0.4, 0.5) is 0 Å². The Balaban J connectivity index is 2.01. The van der Waals surface area contributed by atoms with Gasteiger partial charge in [-0.1, -0.05) is 28.1 Å². The van der Waals surface area contributed by atoms with Crippen LogP contribution >= 0.6 is 15.9 Å². The van der Waals surface area contributed by atoms with Crippen LogP contribution in [-0.2, 0) is 9.53 Å². The molecule has 1 fully saturated rings.